The zero-order valence-corrected chi connectivity index (χ0v) is 17.8. The van der Waals surface area contributed by atoms with E-state index in [0.29, 0.717) is 12.8 Å². The van der Waals surface area contributed by atoms with Crippen molar-refractivity contribution in [3.8, 4) is 11.5 Å². The molecule has 0 radical (unpaired) electrons. The van der Waals surface area contributed by atoms with E-state index in [0.717, 1.165) is 5.56 Å². The number of benzene rings is 1. The van der Waals surface area contributed by atoms with E-state index in [4.69, 9.17) is 4.74 Å². The molecule has 0 saturated heterocycles. The van der Waals surface area contributed by atoms with Crippen molar-refractivity contribution >= 4 is 20.0 Å². The van der Waals surface area contributed by atoms with Gasteiger partial charge >= 0.3 is 5.97 Å². The van der Waals surface area contributed by atoms with Crippen LogP contribution in [0.2, 0.25) is 18.1 Å². The number of carbonyl (C=O) groups is 2. The molecular weight excluding hydrogens is 342 g/mol. The first kappa shape index (κ1) is 22.0. The lowest BCUT2D eigenvalue weighted by Gasteiger charge is -2.31. The number of hydrogen-bond acceptors (Lipinski definition) is 3. The minimum Gasteiger partial charge on any atom is -0.467 e. The Morgan fingerprint density at radius 1 is 1.19 bits per heavy atom. The fraction of sp³-hybridized carbons (Fsp3) is 0.524. The second-order valence-corrected chi connectivity index (χ2v) is 13.0. The molecule has 142 valence electrons. The van der Waals surface area contributed by atoms with Crippen LogP contribution in [-0.4, -0.2) is 33.1 Å². The lowest BCUT2D eigenvalue weighted by atomic mass is 10.1. The van der Waals surface area contributed by atoms with Gasteiger partial charge in [-0.15, -0.1) is 11.5 Å². The molecule has 5 heteroatoms. The zero-order valence-electron chi connectivity index (χ0n) is 16.8. The molecule has 0 unspecified atom stereocenters. The van der Waals surface area contributed by atoms with Crippen molar-refractivity contribution in [3.63, 3.8) is 0 Å². The summed E-state index contributed by atoms with van der Waals surface area (Å²) in [5, 5.41) is 2.91. The summed E-state index contributed by atoms with van der Waals surface area (Å²) in [7, 11) is -0.416. The fourth-order valence-corrected chi connectivity index (χ4v) is 2.99. The molecule has 0 fully saturated rings. The second kappa shape index (κ2) is 9.58. The largest absolute Gasteiger partial charge is 0.467 e. The number of amides is 1. The molecule has 0 aliphatic carbocycles. The van der Waals surface area contributed by atoms with E-state index in [-0.39, 0.29) is 17.4 Å². The van der Waals surface area contributed by atoms with Gasteiger partial charge in [0.1, 0.15) is 14.1 Å². The van der Waals surface area contributed by atoms with Crippen LogP contribution < -0.4 is 5.32 Å². The van der Waals surface area contributed by atoms with E-state index >= 15 is 0 Å². The molecule has 26 heavy (non-hydrogen) atoms. The van der Waals surface area contributed by atoms with Crippen molar-refractivity contribution in [2.45, 2.75) is 64.2 Å². The molecule has 1 N–H and O–H groups in total. The lowest BCUT2D eigenvalue weighted by Crippen LogP contribution is -2.41. The van der Waals surface area contributed by atoms with Gasteiger partial charge in [0.05, 0.1) is 7.11 Å². The van der Waals surface area contributed by atoms with Gasteiger partial charge in [-0.3, -0.25) is 4.79 Å². The van der Waals surface area contributed by atoms with Crippen molar-refractivity contribution in [1.29, 1.82) is 0 Å². The van der Waals surface area contributed by atoms with Gasteiger partial charge in [0.15, 0.2) is 0 Å². The molecule has 0 heterocycles. The van der Waals surface area contributed by atoms with Gasteiger partial charge in [-0.1, -0.05) is 64.2 Å². The fourth-order valence-electron chi connectivity index (χ4n) is 2.07. The Morgan fingerprint density at radius 2 is 1.81 bits per heavy atom. The molecule has 0 aromatic heterocycles. The predicted molar refractivity (Wildman–Crippen MR) is 108 cm³/mol. The normalized spacial score (nSPS) is 12.5. The summed E-state index contributed by atoms with van der Waals surface area (Å²) in [6, 6.07) is 9.08. The topological polar surface area (TPSA) is 55.4 Å². The van der Waals surface area contributed by atoms with Gasteiger partial charge in [-0.2, -0.15) is 0 Å². The van der Waals surface area contributed by atoms with Crippen molar-refractivity contribution in [3.05, 3.63) is 35.9 Å². The Hall–Kier alpha value is -2.06. The number of hydrogen-bond donors (Lipinski definition) is 1. The monoisotopic (exact) mass is 373 g/mol. The second-order valence-electron chi connectivity index (χ2n) is 8.01. The molecule has 0 aliphatic rings. The van der Waals surface area contributed by atoms with Crippen LogP contribution in [0.3, 0.4) is 0 Å². The van der Waals surface area contributed by atoms with Crippen LogP contribution in [0, 0.1) is 11.5 Å². The predicted octanol–water partition coefficient (Wildman–Crippen LogP) is 3.72. The first-order valence-electron chi connectivity index (χ1n) is 8.98. The maximum atomic E-state index is 12.2. The molecule has 0 aliphatic heterocycles. The maximum Gasteiger partial charge on any atom is 0.329 e. The number of nitrogens with one attached hydrogen (secondary N) is 1. The number of aryl methyl sites for hydroxylation is 1. The van der Waals surface area contributed by atoms with Crippen LogP contribution in [0.1, 0.15) is 39.2 Å². The van der Waals surface area contributed by atoms with Gasteiger partial charge in [-0.05, 0) is 17.0 Å². The van der Waals surface area contributed by atoms with E-state index in [1.54, 1.807) is 0 Å². The SMILES string of the molecule is COC(=O)[C@H](CC#C[Si](C)(C)C(C)(C)C)NC(=O)CCc1ccccc1. The van der Waals surface area contributed by atoms with Crippen LogP contribution in [0.25, 0.3) is 0 Å². The number of carbonyl (C=O) groups excluding carboxylic acids is 2. The van der Waals surface area contributed by atoms with Crippen molar-refractivity contribution < 1.29 is 14.3 Å². The standard InChI is InChI=1S/C21H31NO3Si/c1-21(2,3)26(5,6)16-10-13-18(20(24)25-4)22-19(23)15-14-17-11-8-7-9-12-17/h7-9,11-12,18H,13-15H2,1-6H3,(H,22,23)/t18-/m0/s1. The highest BCUT2D eigenvalue weighted by molar-refractivity contribution is 6.87. The lowest BCUT2D eigenvalue weighted by molar-refractivity contribution is -0.144. The van der Waals surface area contributed by atoms with E-state index in [1.807, 2.05) is 30.3 Å². The molecule has 1 aromatic carbocycles. The van der Waals surface area contributed by atoms with Crippen LogP contribution in [0.5, 0.6) is 0 Å². The molecule has 4 nitrogen and oxygen atoms in total. The molecule has 1 rings (SSSR count). The third-order valence-electron chi connectivity index (χ3n) is 4.89. The van der Waals surface area contributed by atoms with Crippen LogP contribution in [-0.2, 0) is 20.7 Å². The number of rotatable bonds is 6. The highest BCUT2D eigenvalue weighted by Gasteiger charge is 2.33. The zero-order chi connectivity index (χ0) is 19.8. The number of ether oxygens (including phenoxy) is 1. The summed E-state index contributed by atoms with van der Waals surface area (Å²) in [5.41, 5.74) is 4.46. The minimum absolute atomic E-state index is 0.152. The third-order valence-corrected chi connectivity index (χ3v) is 9.44. The molecule has 1 atom stereocenters. The Bertz CT molecular complexity index is 666. The van der Waals surface area contributed by atoms with Gasteiger partial charge in [-0.25, -0.2) is 4.79 Å². The molecule has 1 aromatic rings. The van der Waals surface area contributed by atoms with Crippen LogP contribution in [0.15, 0.2) is 30.3 Å². The summed E-state index contributed by atoms with van der Waals surface area (Å²) in [5.74, 6) is 2.50. The summed E-state index contributed by atoms with van der Waals surface area (Å²) >= 11 is 0. The Balaban J connectivity index is 2.67. The molecule has 1 amide bonds. The van der Waals surface area contributed by atoms with Crippen LogP contribution in [0.4, 0.5) is 0 Å². The minimum atomic E-state index is -1.74. The van der Waals surface area contributed by atoms with Crippen molar-refractivity contribution in [2.24, 2.45) is 0 Å². The Labute approximate surface area is 158 Å². The quantitative estimate of drug-likeness (QED) is 0.470. The molecule has 0 saturated carbocycles. The number of methoxy groups -OCH3 is 1. The number of esters is 1. The van der Waals surface area contributed by atoms with Gasteiger partial charge in [0.25, 0.3) is 0 Å². The first-order chi connectivity index (χ1) is 12.1. The molecule has 0 spiro atoms. The van der Waals surface area contributed by atoms with Gasteiger partial charge < -0.3 is 10.1 Å². The first-order valence-corrected chi connectivity index (χ1v) is 12.0. The highest BCUT2D eigenvalue weighted by atomic mass is 28.3. The third kappa shape index (κ3) is 7.05. The molecular formula is C21H31NO3Si. The van der Waals surface area contributed by atoms with E-state index < -0.39 is 20.1 Å². The van der Waals surface area contributed by atoms with E-state index in [2.05, 4.69) is 50.6 Å². The summed E-state index contributed by atoms with van der Waals surface area (Å²) in [4.78, 5) is 24.2. The van der Waals surface area contributed by atoms with E-state index in [9.17, 15) is 9.59 Å². The van der Waals surface area contributed by atoms with Gasteiger partial charge in [0.2, 0.25) is 5.91 Å². The summed E-state index contributed by atoms with van der Waals surface area (Å²) in [6.45, 7) is 11.0. The average Bonchev–Trinajstić information content (AvgIpc) is 2.58. The smallest absolute Gasteiger partial charge is 0.329 e. The summed E-state index contributed by atoms with van der Waals surface area (Å²) in [6.07, 6.45) is 1.24. The molecule has 0 bridgehead atoms. The Morgan fingerprint density at radius 3 is 2.35 bits per heavy atom. The van der Waals surface area contributed by atoms with Crippen LogP contribution >= 0.6 is 0 Å². The summed E-state index contributed by atoms with van der Waals surface area (Å²) < 4.78 is 4.82. The highest BCUT2D eigenvalue weighted by Crippen LogP contribution is 2.35. The maximum absolute atomic E-state index is 12.2. The Kier molecular flexibility index (Phi) is 8.10. The van der Waals surface area contributed by atoms with Crippen molar-refractivity contribution in [2.75, 3.05) is 7.11 Å². The average molecular weight is 374 g/mol. The van der Waals surface area contributed by atoms with E-state index in [1.165, 1.54) is 7.11 Å². The van der Waals surface area contributed by atoms with Crippen molar-refractivity contribution in [1.82, 2.24) is 5.32 Å². The van der Waals surface area contributed by atoms with Gasteiger partial charge in [0, 0.05) is 12.8 Å².